The number of carbonyl (C=O) groups excluding carboxylic acids is 1. The fourth-order valence-corrected chi connectivity index (χ4v) is 2.14. The number of fused-ring (bicyclic) bond motifs is 1. The van der Waals surface area contributed by atoms with Crippen molar-refractivity contribution in [2.45, 2.75) is 19.9 Å². The highest BCUT2D eigenvalue weighted by Crippen LogP contribution is 2.31. The second-order valence-corrected chi connectivity index (χ2v) is 3.97. The van der Waals surface area contributed by atoms with Crippen LogP contribution in [0.3, 0.4) is 0 Å². The van der Waals surface area contributed by atoms with Crippen molar-refractivity contribution in [1.82, 2.24) is 10.3 Å². The zero-order chi connectivity index (χ0) is 8.72. The third-order valence-corrected chi connectivity index (χ3v) is 2.65. The van der Waals surface area contributed by atoms with Crippen molar-refractivity contribution in [2.75, 3.05) is 5.32 Å². The number of anilines is 1. The Hall–Kier alpha value is -1.10. The maximum Gasteiger partial charge on any atom is 0.320 e. The molecule has 12 heavy (non-hydrogen) atoms. The molecule has 0 saturated heterocycles. The molecule has 0 saturated carbocycles. The number of carbonyl (C=O) groups is 1. The molecule has 0 spiro atoms. The number of amides is 2. The van der Waals surface area contributed by atoms with E-state index in [1.165, 1.54) is 11.3 Å². The number of hydrogen-bond donors (Lipinski definition) is 2. The Balaban J connectivity index is 2.46. The summed E-state index contributed by atoms with van der Waals surface area (Å²) in [7, 11) is 0. The molecule has 1 aromatic rings. The van der Waals surface area contributed by atoms with E-state index in [9.17, 15) is 4.79 Å². The first-order valence-corrected chi connectivity index (χ1v) is 4.53. The summed E-state index contributed by atoms with van der Waals surface area (Å²) in [6.45, 7) is 3.86. The minimum atomic E-state index is -0.140. The standard InChI is InChI=1S/C7H9N3OS/c1-3-5-6(10-7(11)8-3)12-4(2)9-5/h3H,1-2H3,(H2,8,10,11). The lowest BCUT2D eigenvalue weighted by Gasteiger charge is -2.19. The van der Waals surface area contributed by atoms with E-state index in [4.69, 9.17) is 0 Å². The van der Waals surface area contributed by atoms with Crippen LogP contribution < -0.4 is 10.6 Å². The number of hydrogen-bond acceptors (Lipinski definition) is 3. The van der Waals surface area contributed by atoms with Crippen molar-refractivity contribution in [2.24, 2.45) is 0 Å². The quantitative estimate of drug-likeness (QED) is 0.642. The van der Waals surface area contributed by atoms with Crippen molar-refractivity contribution in [3.8, 4) is 0 Å². The monoisotopic (exact) mass is 183 g/mol. The van der Waals surface area contributed by atoms with Crippen LogP contribution >= 0.6 is 11.3 Å². The Bertz CT molecular complexity index is 333. The smallest absolute Gasteiger partial charge is 0.320 e. The van der Waals surface area contributed by atoms with Crippen LogP contribution in [-0.2, 0) is 0 Å². The molecule has 1 aliphatic heterocycles. The van der Waals surface area contributed by atoms with Gasteiger partial charge in [0.25, 0.3) is 0 Å². The second kappa shape index (κ2) is 2.45. The molecular weight excluding hydrogens is 174 g/mol. The van der Waals surface area contributed by atoms with Gasteiger partial charge in [-0.2, -0.15) is 0 Å². The van der Waals surface area contributed by atoms with Gasteiger partial charge in [0.2, 0.25) is 0 Å². The summed E-state index contributed by atoms with van der Waals surface area (Å²) in [6.07, 6.45) is 0. The zero-order valence-corrected chi connectivity index (χ0v) is 7.66. The van der Waals surface area contributed by atoms with E-state index in [1.54, 1.807) is 0 Å². The number of aryl methyl sites for hydroxylation is 1. The minimum Gasteiger partial charge on any atom is -0.330 e. The van der Waals surface area contributed by atoms with Gasteiger partial charge in [0.05, 0.1) is 16.7 Å². The molecule has 5 heteroatoms. The average molecular weight is 183 g/mol. The molecule has 0 fully saturated rings. The summed E-state index contributed by atoms with van der Waals surface area (Å²) >= 11 is 1.51. The molecule has 0 bridgehead atoms. The molecule has 1 aliphatic rings. The van der Waals surface area contributed by atoms with E-state index < -0.39 is 0 Å². The first kappa shape index (κ1) is 7.54. The number of nitrogens with zero attached hydrogens (tertiary/aromatic N) is 1. The Morgan fingerprint density at radius 3 is 3.08 bits per heavy atom. The van der Waals surface area contributed by atoms with E-state index in [1.807, 2.05) is 13.8 Å². The third-order valence-electron chi connectivity index (χ3n) is 1.75. The molecule has 0 aliphatic carbocycles. The van der Waals surface area contributed by atoms with Gasteiger partial charge in [-0.25, -0.2) is 9.78 Å². The van der Waals surface area contributed by atoms with Crippen LogP contribution in [0.2, 0.25) is 0 Å². The molecule has 64 valence electrons. The first-order valence-electron chi connectivity index (χ1n) is 3.71. The lowest BCUT2D eigenvalue weighted by Crippen LogP contribution is -2.35. The van der Waals surface area contributed by atoms with Crippen LogP contribution in [0.25, 0.3) is 0 Å². The number of aromatic nitrogens is 1. The molecule has 0 aromatic carbocycles. The molecule has 4 nitrogen and oxygen atoms in total. The van der Waals surface area contributed by atoms with Gasteiger partial charge in [-0.1, -0.05) is 0 Å². The van der Waals surface area contributed by atoms with Crippen molar-refractivity contribution < 1.29 is 4.79 Å². The van der Waals surface area contributed by atoms with Crippen LogP contribution in [0.1, 0.15) is 23.7 Å². The van der Waals surface area contributed by atoms with Gasteiger partial charge in [0, 0.05) is 0 Å². The van der Waals surface area contributed by atoms with Crippen molar-refractivity contribution in [3.05, 3.63) is 10.7 Å². The molecule has 2 rings (SSSR count). The second-order valence-electron chi connectivity index (χ2n) is 2.77. The molecule has 2 N–H and O–H groups in total. The summed E-state index contributed by atoms with van der Waals surface area (Å²) in [5, 5.41) is 7.32. The Labute approximate surface area is 74.0 Å². The Kier molecular flexibility index (Phi) is 1.54. The van der Waals surface area contributed by atoms with Crippen molar-refractivity contribution >= 4 is 22.4 Å². The van der Waals surface area contributed by atoms with Gasteiger partial charge in [-0.3, -0.25) is 5.32 Å². The summed E-state index contributed by atoms with van der Waals surface area (Å²) < 4.78 is 0. The highest BCUT2D eigenvalue weighted by Gasteiger charge is 2.23. The van der Waals surface area contributed by atoms with Gasteiger partial charge < -0.3 is 5.32 Å². The maximum atomic E-state index is 11.0. The summed E-state index contributed by atoms with van der Waals surface area (Å²) in [6, 6.07) is -0.114. The van der Waals surface area contributed by atoms with E-state index in [0.29, 0.717) is 0 Å². The van der Waals surface area contributed by atoms with Gasteiger partial charge >= 0.3 is 6.03 Å². The molecule has 1 aromatic heterocycles. The largest absolute Gasteiger partial charge is 0.330 e. The first-order chi connectivity index (χ1) is 5.66. The lowest BCUT2D eigenvalue weighted by molar-refractivity contribution is 0.248. The number of rotatable bonds is 0. The van der Waals surface area contributed by atoms with E-state index >= 15 is 0 Å². The van der Waals surface area contributed by atoms with Crippen molar-refractivity contribution in [3.63, 3.8) is 0 Å². The highest BCUT2D eigenvalue weighted by molar-refractivity contribution is 7.16. The van der Waals surface area contributed by atoms with Crippen LogP contribution in [0.5, 0.6) is 0 Å². The fourth-order valence-electron chi connectivity index (χ4n) is 1.23. The van der Waals surface area contributed by atoms with Crippen LogP contribution in [0.4, 0.5) is 9.80 Å². The van der Waals surface area contributed by atoms with Crippen LogP contribution in [0, 0.1) is 6.92 Å². The molecule has 1 atom stereocenters. The Morgan fingerprint density at radius 1 is 1.58 bits per heavy atom. The van der Waals surface area contributed by atoms with E-state index in [0.717, 1.165) is 15.7 Å². The van der Waals surface area contributed by atoms with Gasteiger partial charge in [-0.15, -0.1) is 11.3 Å². The minimum absolute atomic E-state index is 0.0266. The van der Waals surface area contributed by atoms with Gasteiger partial charge in [-0.05, 0) is 13.8 Å². The normalized spacial score (nSPS) is 21.2. The topological polar surface area (TPSA) is 54.0 Å². The number of thiazole rings is 1. The lowest BCUT2D eigenvalue weighted by atomic mass is 10.2. The number of urea groups is 1. The number of nitrogens with one attached hydrogen (secondary N) is 2. The summed E-state index contributed by atoms with van der Waals surface area (Å²) in [4.78, 5) is 15.3. The average Bonchev–Trinajstić information content (AvgIpc) is 2.29. The highest BCUT2D eigenvalue weighted by atomic mass is 32.1. The van der Waals surface area contributed by atoms with Gasteiger partial charge in [0.15, 0.2) is 0 Å². The molecule has 0 radical (unpaired) electrons. The third kappa shape index (κ3) is 1.06. The predicted molar refractivity (Wildman–Crippen MR) is 47.4 cm³/mol. The molecule has 1 unspecified atom stereocenters. The summed E-state index contributed by atoms with van der Waals surface area (Å²) in [5.74, 6) is 0. The van der Waals surface area contributed by atoms with Crippen molar-refractivity contribution in [1.29, 1.82) is 0 Å². The SMILES string of the molecule is Cc1nc2c(s1)NC(=O)NC2C. The molecule has 2 heterocycles. The fraction of sp³-hybridized carbons (Fsp3) is 0.429. The zero-order valence-electron chi connectivity index (χ0n) is 6.84. The van der Waals surface area contributed by atoms with Gasteiger partial charge in [0.1, 0.15) is 5.00 Å². The maximum absolute atomic E-state index is 11.0. The van der Waals surface area contributed by atoms with E-state index in [-0.39, 0.29) is 12.1 Å². The van der Waals surface area contributed by atoms with Crippen LogP contribution in [-0.4, -0.2) is 11.0 Å². The van der Waals surface area contributed by atoms with Crippen LogP contribution in [0.15, 0.2) is 0 Å². The predicted octanol–water partition coefficient (Wildman–Crippen LogP) is 1.65. The Morgan fingerprint density at radius 2 is 2.33 bits per heavy atom. The van der Waals surface area contributed by atoms with E-state index in [2.05, 4.69) is 15.6 Å². The summed E-state index contributed by atoms with van der Waals surface area (Å²) in [5.41, 5.74) is 0.942. The molecular formula is C7H9N3OS. The molecule has 2 amide bonds.